The van der Waals surface area contributed by atoms with Crippen LogP contribution in [0.1, 0.15) is 19.4 Å². The van der Waals surface area contributed by atoms with E-state index in [0.29, 0.717) is 17.3 Å². The molecule has 0 bridgehead atoms. The van der Waals surface area contributed by atoms with Gasteiger partial charge in [0.15, 0.2) is 0 Å². The molecule has 3 rings (SSSR count). The summed E-state index contributed by atoms with van der Waals surface area (Å²) in [6.45, 7) is 1.74. The minimum absolute atomic E-state index is 0.278. The number of hydrogen-bond acceptors (Lipinski definition) is 4. The van der Waals surface area contributed by atoms with Gasteiger partial charge in [-0.1, -0.05) is 19.1 Å². The van der Waals surface area contributed by atoms with Gasteiger partial charge in [0.1, 0.15) is 11.8 Å². The van der Waals surface area contributed by atoms with E-state index in [9.17, 15) is 22.8 Å². The lowest BCUT2D eigenvalue weighted by molar-refractivity contribution is -0.274. The van der Waals surface area contributed by atoms with Crippen LogP contribution < -0.4 is 15.6 Å². The van der Waals surface area contributed by atoms with E-state index in [4.69, 9.17) is 0 Å². The molecule has 146 valence electrons. The fraction of sp³-hybridized carbons (Fsp3) is 0.211. The highest BCUT2D eigenvalue weighted by molar-refractivity contribution is 5.94. The average Bonchev–Trinajstić information content (AvgIpc) is 2.65. The summed E-state index contributed by atoms with van der Waals surface area (Å²) in [5.41, 5.74) is 0.459. The van der Waals surface area contributed by atoms with Crippen molar-refractivity contribution in [1.82, 2.24) is 9.55 Å². The van der Waals surface area contributed by atoms with Gasteiger partial charge in [-0.15, -0.1) is 13.2 Å². The largest absolute Gasteiger partial charge is 0.573 e. The molecule has 0 fully saturated rings. The monoisotopic (exact) mass is 391 g/mol. The second kappa shape index (κ2) is 7.71. The summed E-state index contributed by atoms with van der Waals surface area (Å²) in [7, 11) is 0. The van der Waals surface area contributed by atoms with Crippen LogP contribution in [0.4, 0.5) is 18.9 Å². The van der Waals surface area contributed by atoms with Crippen molar-refractivity contribution >= 4 is 22.5 Å². The predicted molar refractivity (Wildman–Crippen MR) is 97.1 cm³/mol. The lowest BCUT2D eigenvalue weighted by Crippen LogP contribution is -2.33. The number of amides is 1. The van der Waals surface area contributed by atoms with Crippen molar-refractivity contribution in [2.75, 3.05) is 5.32 Å². The van der Waals surface area contributed by atoms with E-state index in [-0.39, 0.29) is 11.2 Å². The number of ether oxygens (including phenoxy) is 1. The summed E-state index contributed by atoms with van der Waals surface area (Å²) in [6.07, 6.45) is -3.15. The molecule has 0 radical (unpaired) electrons. The fourth-order valence-electron chi connectivity index (χ4n) is 2.78. The third-order valence-corrected chi connectivity index (χ3v) is 4.07. The number of nitrogens with one attached hydrogen (secondary N) is 1. The number of rotatable bonds is 5. The number of alkyl halides is 3. The summed E-state index contributed by atoms with van der Waals surface area (Å²) in [5, 5.41) is 2.99. The van der Waals surface area contributed by atoms with Gasteiger partial charge in [0.2, 0.25) is 5.91 Å². The van der Waals surface area contributed by atoms with Crippen LogP contribution in [-0.2, 0) is 4.79 Å². The Balaban J connectivity index is 1.81. The van der Waals surface area contributed by atoms with E-state index in [2.05, 4.69) is 15.0 Å². The predicted octanol–water partition coefficient (Wildman–Crippen LogP) is 3.88. The number of carbonyl (C=O) groups is 1. The number of nitrogens with zero attached hydrogens (tertiary/aromatic N) is 2. The molecule has 0 aliphatic carbocycles. The number of benzene rings is 2. The topological polar surface area (TPSA) is 73.2 Å². The first-order valence-corrected chi connectivity index (χ1v) is 8.41. The Labute approximate surface area is 157 Å². The highest BCUT2D eigenvalue weighted by atomic mass is 19.4. The molecule has 0 aliphatic heterocycles. The van der Waals surface area contributed by atoms with Crippen molar-refractivity contribution in [2.45, 2.75) is 25.7 Å². The van der Waals surface area contributed by atoms with Gasteiger partial charge in [-0.2, -0.15) is 0 Å². The second-order valence-electron chi connectivity index (χ2n) is 5.96. The van der Waals surface area contributed by atoms with Crippen molar-refractivity contribution in [3.63, 3.8) is 0 Å². The molecule has 9 heteroatoms. The zero-order chi connectivity index (χ0) is 20.3. The van der Waals surface area contributed by atoms with E-state index in [0.717, 1.165) is 12.1 Å². The molecule has 0 spiro atoms. The smallest absolute Gasteiger partial charge is 0.406 e. The second-order valence-corrected chi connectivity index (χ2v) is 5.96. The number of fused-ring (bicyclic) bond motifs is 1. The normalized spacial score (nSPS) is 12.6. The maximum Gasteiger partial charge on any atom is 0.573 e. The van der Waals surface area contributed by atoms with Crippen LogP contribution in [-0.4, -0.2) is 21.8 Å². The Morgan fingerprint density at radius 3 is 2.50 bits per heavy atom. The maximum atomic E-state index is 12.7. The molecule has 1 amide bonds. The number of hydrogen-bond donors (Lipinski definition) is 1. The summed E-state index contributed by atoms with van der Waals surface area (Å²) in [5.74, 6) is -0.876. The quantitative estimate of drug-likeness (QED) is 0.716. The highest BCUT2D eigenvalue weighted by Gasteiger charge is 2.31. The summed E-state index contributed by atoms with van der Waals surface area (Å²) < 4.78 is 41.7. The minimum Gasteiger partial charge on any atom is -0.406 e. The molecule has 0 aliphatic rings. The van der Waals surface area contributed by atoms with Crippen LogP contribution in [0.15, 0.2) is 59.7 Å². The first-order chi connectivity index (χ1) is 13.3. The number of aromatic nitrogens is 2. The summed E-state index contributed by atoms with van der Waals surface area (Å²) >= 11 is 0. The molecular formula is C19H16F3N3O3. The first kappa shape index (κ1) is 19.4. The van der Waals surface area contributed by atoms with Crippen molar-refractivity contribution in [1.29, 1.82) is 0 Å². The molecule has 1 N–H and O–H groups in total. The Morgan fingerprint density at radius 1 is 1.18 bits per heavy atom. The van der Waals surface area contributed by atoms with Gasteiger partial charge in [-0.25, -0.2) is 4.98 Å². The van der Waals surface area contributed by atoms with E-state index >= 15 is 0 Å². The summed E-state index contributed by atoms with van der Waals surface area (Å²) in [4.78, 5) is 29.5. The molecule has 6 nitrogen and oxygen atoms in total. The van der Waals surface area contributed by atoms with Crippen LogP contribution >= 0.6 is 0 Å². The van der Waals surface area contributed by atoms with Crippen molar-refractivity contribution in [3.05, 3.63) is 65.2 Å². The van der Waals surface area contributed by atoms with Gasteiger partial charge >= 0.3 is 6.36 Å². The Kier molecular flexibility index (Phi) is 5.34. The van der Waals surface area contributed by atoms with Gasteiger partial charge in [-0.05, 0) is 42.8 Å². The first-order valence-electron chi connectivity index (χ1n) is 8.41. The third-order valence-electron chi connectivity index (χ3n) is 4.07. The lowest BCUT2D eigenvalue weighted by atomic mass is 10.1. The zero-order valence-corrected chi connectivity index (χ0v) is 14.7. The molecule has 3 aromatic rings. The molecule has 0 saturated heterocycles. The number of carbonyl (C=O) groups excluding carboxylic acids is 1. The van der Waals surface area contributed by atoms with Crippen LogP contribution in [0.2, 0.25) is 0 Å². The molecule has 1 aromatic heterocycles. The van der Waals surface area contributed by atoms with E-state index in [1.165, 1.54) is 23.0 Å². The molecule has 28 heavy (non-hydrogen) atoms. The minimum atomic E-state index is -4.79. The number of para-hydroxylation sites is 1. The molecular weight excluding hydrogens is 375 g/mol. The van der Waals surface area contributed by atoms with Crippen LogP contribution in [0.5, 0.6) is 5.75 Å². The Hall–Kier alpha value is -3.36. The van der Waals surface area contributed by atoms with Gasteiger partial charge in [0, 0.05) is 5.69 Å². The van der Waals surface area contributed by atoms with Gasteiger partial charge in [0.05, 0.1) is 17.2 Å². The number of halogens is 3. The standard InChI is InChI=1S/C19H16F3N3O3/c1-2-16(25-11-23-15-6-4-3-5-14(15)18(25)27)17(26)24-12-7-9-13(10-8-12)28-19(20,21)22/h3-11,16H,2H2,1H3,(H,24,26)/t16-/m0/s1. The molecule has 1 atom stereocenters. The van der Waals surface area contributed by atoms with Crippen molar-refractivity contribution in [2.24, 2.45) is 0 Å². The zero-order valence-electron chi connectivity index (χ0n) is 14.7. The Bertz CT molecular complexity index is 1050. The fourth-order valence-corrected chi connectivity index (χ4v) is 2.78. The molecule has 0 unspecified atom stereocenters. The van der Waals surface area contributed by atoms with Crippen LogP contribution in [0.3, 0.4) is 0 Å². The van der Waals surface area contributed by atoms with E-state index < -0.39 is 24.1 Å². The SMILES string of the molecule is CC[C@@H](C(=O)Nc1ccc(OC(F)(F)F)cc1)n1cnc2ccccc2c1=O. The highest BCUT2D eigenvalue weighted by Crippen LogP contribution is 2.24. The third kappa shape index (κ3) is 4.30. The van der Waals surface area contributed by atoms with Gasteiger partial charge in [0.25, 0.3) is 5.56 Å². The maximum absolute atomic E-state index is 12.7. The Morgan fingerprint density at radius 2 is 1.86 bits per heavy atom. The van der Waals surface area contributed by atoms with Crippen molar-refractivity contribution < 1.29 is 22.7 Å². The van der Waals surface area contributed by atoms with Crippen molar-refractivity contribution in [3.8, 4) is 5.75 Å². The lowest BCUT2D eigenvalue weighted by Gasteiger charge is -2.18. The summed E-state index contributed by atoms with van der Waals surface area (Å²) in [6, 6.07) is 10.7. The molecule has 2 aromatic carbocycles. The molecule has 1 heterocycles. The van der Waals surface area contributed by atoms with Crippen LogP contribution in [0.25, 0.3) is 10.9 Å². The van der Waals surface area contributed by atoms with Crippen LogP contribution in [0, 0.1) is 0 Å². The van der Waals surface area contributed by atoms with E-state index in [1.807, 2.05) is 0 Å². The molecule has 0 saturated carbocycles. The van der Waals surface area contributed by atoms with E-state index in [1.54, 1.807) is 31.2 Å². The number of anilines is 1. The van der Waals surface area contributed by atoms with Gasteiger partial charge in [-0.3, -0.25) is 14.2 Å². The van der Waals surface area contributed by atoms with Gasteiger partial charge < -0.3 is 10.1 Å². The average molecular weight is 391 g/mol.